The number of aromatic nitrogens is 3. The van der Waals surface area contributed by atoms with Crippen LogP contribution in [0.2, 0.25) is 0 Å². The van der Waals surface area contributed by atoms with E-state index in [9.17, 15) is 0 Å². The predicted octanol–water partition coefficient (Wildman–Crippen LogP) is 2.02. The summed E-state index contributed by atoms with van der Waals surface area (Å²) in [6.45, 7) is 0. The zero-order valence-corrected chi connectivity index (χ0v) is 11.2. The molecule has 0 aliphatic rings. The van der Waals surface area contributed by atoms with Crippen LogP contribution < -0.4 is 15.2 Å². The number of benzene rings is 1. The number of nitrogen functional groups attached to an aromatic ring is 1. The minimum Gasteiger partial charge on any atom is -0.497 e. The smallest absolute Gasteiger partial charge is 0.207 e. The first-order valence-electron chi connectivity index (χ1n) is 6.06. The molecule has 0 amide bonds. The van der Waals surface area contributed by atoms with Crippen molar-refractivity contribution in [1.82, 2.24) is 14.5 Å². The second-order valence-corrected chi connectivity index (χ2v) is 4.19. The second kappa shape index (κ2) is 4.73. The van der Waals surface area contributed by atoms with E-state index in [1.54, 1.807) is 31.0 Å². The maximum absolute atomic E-state index is 6.00. The van der Waals surface area contributed by atoms with Crippen molar-refractivity contribution in [3.63, 3.8) is 0 Å². The maximum Gasteiger partial charge on any atom is 0.207 e. The Bertz CT molecular complexity index is 767. The first-order chi connectivity index (χ1) is 9.74. The molecular formula is C14H14N4O2. The molecule has 0 fully saturated rings. The molecule has 2 heterocycles. The van der Waals surface area contributed by atoms with Gasteiger partial charge in [-0.25, -0.2) is 9.97 Å². The summed E-state index contributed by atoms with van der Waals surface area (Å²) >= 11 is 0. The van der Waals surface area contributed by atoms with E-state index in [1.807, 2.05) is 24.3 Å². The summed E-state index contributed by atoms with van der Waals surface area (Å²) in [5.41, 5.74) is 8.20. The van der Waals surface area contributed by atoms with Gasteiger partial charge in [0.2, 0.25) is 5.95 Å². The average molecular weight is 270 g/mol. The lowest BCUT2D eigenvalue weighted by atomic mass is 10.2. The van der Waals surface area contributed by atoms with Crippen molar-refractivity contribution in [1.29, 1.82) is 0 Å². The van der Waals surface area contributed by atoms with Crippen LogP contribution in [0.4, 0.5) is 5.95 Å². The molecule has 1 aromatic carbocycles. The summed E-state index contributed by atoms with van der Waals surface area (Å²) in [5.74, 6) is 1.71. The number of imidazole rings is 1. The van der Waals surface area contributed by atoms with Crippen molar-refractivity contribution in [2.24, 2.45) is 0 Å². The third kappa shape index (κ3) is 1.82. The fourth-order valence-electron chi connectivity index (χ4n) is 2.14. The number of rotatable bonds is 3. The molecule has 3 rings (SSSR count). The van der Waals surface area contributed by atoms with Crippen LogP contribution in [-0.2, 0) is 0 Å². The van der Waals surface area contributed by atoms with Crippen LogP contribution in [0, 0.1) is 0 Å². The number of fused-ring (bicyclic) bond motifs is 1. The van der Waals surface area contributed by atoms with Crippen LogP contribution in [0.15, 0.2) is 36.5 Å². The highest BCUT2D eigenvalue weighted by atomic mass is 16.5. The second-order valence-electron chi connectivity index (χ2n) is 4.19. The summed E-state index contributed by atoms with van der Waals surface area (Å²) in [4.78, 5) is 8.63. The first kappa shape index (κ1) is 12.3. The quantitative estimate of drug-likeness (QED) is 0.788. The van der Waals surface area contributed by atoms with Gasteiger partial charge >= 0.3 is 0 Å². The topological polar surface area (TPSA) is 75.2 Å². The monoisotopic (exact) mass is 270 g/mol. The maximum atomic E-state index is 6.00. The zero-order chi connectivity index (χ0) is 14.1. The molecule has 0 saturated heterocycles. The highest BCUT2D eigenvalue weighted by Gasteiger charge is 2.15. The third-order valence-corrected chi connectivity index (χ3v) is 3.07. The first-order valence-corrected chi connectivity index (χ1v) is 6.06. The molecule has 0 bridgehead atoms. The van der Waals surface area contributed by atoms with Gasteiger partial charge in [-0.1, -0.05) is 0 Å². The Kier molecular flexibility index (Phi) is 2.90. The van der Waals surface area contributed by atoms with Gasteiger partial charge in [-0.2, -0.15) is 0 Å². The molecule has 6 nitrogen and oxygen atoms in total. The van der Waals surface area contributed by atoms with Gasteiger partial charge < -0.3 is 15.2 Å². The van der Waals surface area contributed by atoms with E-state index >= 15 is 0 Å². The van der Waals surface area contributed by atoms with E-state index in [0.29, 0.717) is 23.1 Å². The van der Waals surface area contributed by atoms with Crippen LogP contribution >= 0.6 is 0 Å². The van der Waals surface area contributed by atoms with Gasteiger partial charge in [0.1, 0.15) is 17.0 Å². The summed E-state index contributed by atoms with van der Waals surface area (Å²) in [6.07, 6.45) is 1.70. The molecule has 0 atom stereocenters. The number of nitrogens with two attached hydrogens (primary N) is 1. The van der Waals surface area contributed by atoms with E-state index in [0.717, 1.165) is 11.2 Å². The number of nitrogens with zero attached hydrogens (tertiary/aromatic N) is 3. The molecular weight excluding hydrogens is 256 g/mol. The number of hydrogen-bond donors (Lipinski definition) is 1. The normalized spacial score (nSPS) is 10.7. The number of hydrogen-bond acceptors (Lipinski definition) is 5. The van der Waals surface area contributed by atoms with E-state index in [-0.39, 0.29) is 0 Å². The highest BCUT2D eigenvalue weighted by Crippen LogP contribution is 2.31. The van der Waals surface area contributed by atoms with Gasteiger partial charge in [0, 0.05) is 12.3 Å². The van der Waals surface area contributed by atoms with E-state index < -0.39 is 0 Å². The van der Waals surface area contributed by atoms with Crippen molar-refractivity contribution in [2.75, 3.05) is 20.0 Å². The van der Waals surface area contributed by atoms with Gasteiger partial charge in [-0.05, 0) is 24.3 Å². The molecule has 6 heteroatoms. The van der Waals surface area contributed by atoms with E-state index in [1.165, 1.54) is 0 Å². The SMILES string of the molecule is COc1ccc(-n2c(N)nc3cccnc32)c(OC)c1. The molecule has 2 aromatic heterocycles. The number of methoxy groups -OCH3 is 2. The lowest BCUT2D eigenvalue weighted by molar-refractivity contribution is 0.393. The fraction of sp³-hybridized carbons (Fsp3) is 0.143. The lowest BCUT2D eigenvalue weighted by Gasteiger charge is -2.12. The standard InChI is InChI=1S/C14H14N4O2/c1-19-9-5-6-11(12(8-9)20-2)18-13-10(17-14(18)15)4-3-7-16-13/h3-8H,1-2H3,(H2,15,17). The van der Waals surface area contributed by atoms with Crippen LogP contribution in [0.3, 0.4) is 0 Å². The molecule has 3 aromatic rings. The largest absolute Gasteiger partial charge is 0.497 e. The minimum atomic E-state index is 0.363. The highest BCUT2D eigenvalue weighted by molar-refractivity contribution is 5.77. The van der Waals surface area contributed by atoms with Crippen molar-refractivity contribution in [3.8, 4) is 17.2 Å². The predicted molar refractivity (Wildman–Crippen MR) is 76.4 cm³/mol. The van der Waals surface area contributed by atoms with Gasteiger partial charge in [-0.3, -0.25) is 4.57 Å². The van der Waals surface area contributed by atoms with Gasteiger partial charge in [0.15, 0.2) is 5.65 Å². The summed E-state index contributed by atoms with van der Waals surface area (Å²) < 4.78 is 12.4. The van der Waals surface area contributed by atoms with Gasteiger partial charge in [-0.15, -0.1) is 0 Å². The van der Waals surface area contributed by atoms with Crippen LogP contribution in [0.1, 0.15) is 0 Å². The molecule has 0 aliphatic carbocycles. The third-order valence-electron chi connectivity index (χ3n) is 3.07. The molecule has 0 unspecified atom stereocenters. The lowest BCUT2D eigenvalue weighted by Crippen LogP contribution is -2.03. The zero-order valence-electron chi connectivity index (χ0n) is 11.2. The van der Waals surface area contributed by atoms with Crippen molar-refractivity contribution >= 4 is 17.1 Å². The van der Waals surface area contributed by atoms with Crippen molar-refractivity contribution < 1.29 is 9.47 Å². The van der Waals surface area contributed by atoms with Gasteiger partial charge in [0.25, 0.3) is 0 Å². The van der Waals surface area contributed by atoms with E-state index in [4.69, 9.17) is 15.2 Å². The number of ether oxygens (including phenoxy) is 2. The van der Waals surface area contributed by atoms with Crippen molar-refractivity contribution in [2.45, 2.75) is 0 Å². The Morgan fingerprint density at radius 1 is 1.15 bits per heavy atom. The van der Waals surface area contributed by atoms with Gasteiger partial charge in [0.05, 0.1) is 19.9 Å². The number of anilines is 1. The molecule has 0 aliphatic heterocycles. The van der Waals surface area contributed by atoms with Crippen LogP contribution in [-0.4, -0.2) is 28.8 Å². The Morgan fingerprint density at radius 3 is 2.75 bits per heavy atom. The fourth-order valence-corrected chi connectivity index (χ4v) is 2.14. The average Bonchev–Trinajstić information content (AvgIpc) is 2.82. The molecule has 0 spiro atoms. The Balaban J connectivity index is 2.28. The molecule has 102 valence electrons. The Morgan fingerprint density at radius 2 is 2.00 bits per heavy atom. The van der Waals surface area contributed by atoms with Crippen molar-refractivity contribution in [3.05, 3.63) is 36.5 Å². The molecule has 20 heavy (non-hydrogen) atoms. The Labute approximate surface area is 115 Å². The summed E-state index contributed by atoms with van der Waals surface area (Å²) in [7, 11) is 3.21. The number of pyridine rings is 1. The molecule has 0 saturated carbocycles. The van der Waals surface area contributed by atoms with Crippen LogP contribution in [0.25, 0.3) is 16.9 Å². The van der Waals surface area contributed by atoms with E-state index in [2.05, 4.69) is 9.97 Å². The Hall–Kier alpha value is -2.76. The van der Waals surface area contributed by atoms with Crippen LogP contribution in [0.5, 0.6) is 11.5 Å². The summed E-state index contributed by atoms with van der Waals surface area (Å²) in [5, 5.41) is 0. The molecule has 0 radical (unpaired) electrons. The minimum absolute atomic E-state index is 0.363. The summed E-state index contributed by atoms with van der Waals surface area (Å²) in [6, 6.07) is 9.19. The molecule has 2 N–H and O–H groups in total.